The molecule has 2 aromatic heterocycles. The Hall–Kier alpha value is -4.60. The zero-order chi connectivity index (χ0) is 22.1. The van der Waals surface area contributed by atoms with E-state index in [1.165, 1.54) is 50.4 Å². The lowest BCUT2D eigenvalue weighted by Crippen LogP contribution is -2.17. The van der Waals surface area contributed by atoms with E-state index in [9.17, 15) is 14.7 Å². The number of phenols is 1. The van der Waals surface area contributed by atoms with Crippen molar-refractivity contribution >= 4 is 24.2 Å². The van der Waals surface area contributed by atoms with Crippen LogP contribution in [0.3, 0.4) is 0 Å². The first-order valence-corrected chi connectivity index (χ1v) is 8.96. The minimum atomic E-state index is -0.418. The van der Waals surface area contributed by atoms with Crippen LogP contribution in [0.1, 0.15) is 31.8 Å². The van der Waals surface area contributed by atoms with E-state index in [0.717, 1.165) is 0 Å². The van der Waals surface area contributed by atoms with E-state index in [-0.39, 0.29) is 11.5 Å². The van der Waals surface area contributed by atoms with Gasteiger partial charge in [-0.05, 0) is 42.0 Å². The predicted octanol–water partition coefficient (Wildman–Crippen LogP) is 1.72. The molecule has 0 aliphatic rings. The quantitative estimate of drug-likeness (QED) is 0.394. The third kappa shape index (κ3) is 5.70. The van der Waals surface area contributed by atoms with Gasteiger partial charge in [-0.15, -0.1) is 0 Å². The Morgan fingerprint density at radius 1 is 0.903 bits per heavy atom. The topological polar surface area (TPSA) is 138 Å². The zero-order valence-electron chi connectivity index (χ0n) is 16.4. The number of benzene rings is 1. The van der Waals surface area contributed by atoms with E-state index >= 15 is 0 Å². The molecule has 3 rings (SSSR count). The number of carbonyl (C=O) groups excluding carboxylic acids is 2. The Balaban J connectivity index is 1.72. The molecule has 0 saturated heterocycles. The first kappa shape index (κ1) is 21.1. The number of nitrogens with zero attached hydrogens (tertiary/aromatic N) is 4. The maximum Gasteiger partial charge on any atom is 0.271 e. The Bertz CT molecular complexity index is 1120. The van der Waals surface area contributed by atoms with Crippen LogP contribution < -0.4 is 15.6 Å². The normalized spacial score (nSPS) is 10.9. The number of phenolic OH excluding ortho intramolecular Hbond substituents is 1. The van der Waals surface area contributed by atoms with Crippen molar-refractivity contribution in [3.8, 4) is 11.5 Å². The van der Waals surface area contributed by atoms with Crippen molar-refractivity contribution in [3.63, 3.8) is 0 Å². The molecule has 3 N–H and O–H groups in total. The maximum atomic E-state index is 12.0. The van der Waals surface area contributed by atoms with Crippen LogP contribution in [0.15, 0.2) is 71.4 Å². The van der Waals surface area contributed by atoms with Crippen LogP contribution >= 0.6 is 0 Å². The Morgan fingerprint density at radius 2 is 1.42 bits per heavy atom. The van der Waals surface area contributed by atoms with Crippen LogP contribution in [0.2, 0.25) is 0 Å². The SMILES string of the molecule is COc1c(O)cc(C=NNC(=O)c2ccncc2)cc1C=NNC(=O)c1ccncc1. The highest BCUT2D eigenvalue weighted by molar-refractivity contribution is 5.96. The Labute approximate surface area is 177 Å². The van der Waals surface area contributed by atoms with Crippen LogP contribution in [0, 0.1) is 0 Å². The molecule has 0 saturated carbocycles. The molecule has 3 aromatic rings. The molecule has 1 aromatic carbocycles. The zero-order valence-corrected chi connectivity index (χ0v) is 16.4. The summed E-state index contributed by atoms with van der Waals surface area (Å²) in [5, 5.41) is 18.0. The number of nitrogens with one attached hydrogen (secondary N) is 2. The second-order valence-corrected chi connectivity index (χ2v) is 6.03. The average molecular weight is 418 g/mol. The van der Waals surface area contributed by atoms with Crippen molar-refractivity contribution in [1.29, 1.82) is 0 Å². The highest BCUT2D eigenvalue weighted by Crippen LogP contribution is 2.30. The summed E-state index contributed by atoms with van der Waals surface area (Å²) in [6, 6.07) is 9.23. The van der Waals surface area contributed by atoms with Crippen molar-refractivity contribution in [2.45, 2.75) is 0 Å². The smallest absolute Gasteiger partial charge is 0.271 e. The number of rotatable bonds is 7. The van der Waals surface area contributed by atoms with Gasteiger partial charge in [0.25, 0.3) is 11.8 Å². The molecule has 0 aliphatic heterocycles. The van der Waals surface area contributed by atoms with Gasteiger partial charge in [-0.3, -0.25) is 19.6 Å². The molecule has 0 fully saturated rings. The van der Waals surface area contributed by atoms with Gasteiger partial charge in [0, 0.05) is 41.5 Å². The van der Waals surface area contributed by atoms with E-state index in [2.05, 4.69) is 31.0 Å². The molecule has 10 nitrogen and oxygen atoms in total. The third-order valence-corrected chi connectivity index (χ3v) is 3.96. The molecule has 0 aliphatic carbocycles. The number of amides is 2. The summed E-state index contributed by atoms with van der Waals surface area (Å²) in [6.07, 6.45) is 8.67. The average Bonchev–Trinajstić information content (AvgIpc) is 2.80. The molecule has 0 unspecified atom stereocenters. The molecule has 0 radical (unpaired) electrons. The molecule has 156 valence electrons. The summed E-state index contributed by atoms with van der Waals surface area (Å²) in [5.41, 5.74) is 6.43. The second kappa shape index (κ2) is 10.3. The molecule has 0 spiro atoms. The summed E-state index contributed by atoms with van der Waals surface area (Å²) < 4.78 is 5.19. The molecule has 2 amide bonds. The fourth-order valence-corrected chi connectivity index (χ4v) is 2.51. The number of hydrogen-bond donors (Lipinski definition) is 3. The van der Waals surface area contributed by atoms with Gasteiger partial charge in [0.05, 0.1) is 19.5 Å². The minimum absolute atomic E-state index is 0.158. The van der Waals surface area contributed by atoms with E-state index in [1.54, 1.807) is 30.3 Å². The van der Waals surface area contributed by atoms with Gasteiger partial charge in [0.15, 0.2) is 11.5 Å². The molecular formula is C21H18N6O4. The van der Waals surface area contributed by atoms with Crippen molar-refractivity contribution in [2.75, 3.05) is 7.11 Å². The third-order valence-electron chi connectivity index (χ3n) is 3.96. The fraction of sp³-hybridized carbons (Fsp3) is 0.0476. The van der Waals surface area contributed by atoms with Gasteiger partial charge >= 0.3 is 0 Å². The maximum absolute atomic E-state index is 12.0. The molecule has 31 heavy (non-hydrogen) atoms. The van der Waals surface area contributed by atoms with Gasteiger partial charge in [0.2, 0.25) is 0 Å². The first-order valence-electron chi connectivity index (χ1n) is 8.96. The number of carbonyl (C=O) groups is 2. The molecular weight excluding hydrogens is 400 g/mol. The van der Waals surface area contributed by atoms with Gasteiger partial charge < -0.3 is 9.84 Å². The standard InChI is InChI=1S/C21H18N6O4/c1-31-19-17(13-25-27-21(30)16-4-8-23-9-5-16)10-14(11-18(19)28)12-24-26-20(29)15-2-6-22-7-3-15/h2-13,28H,1H3,(H,26,29)(H,27,30). The second-order valence-electron chi connectivity index (χ2n) is 6.03. The number of aromatic hydroxyl groups is 1. The highest BCUT2D eigenvalue weighted by atomic mass is 16.5. The van der Waals surface area contributed by atoms with Gasteiger partial charge in [-0.1, -0.05) is 0 Å². The number of hydrazone groups is 2. The van der Waals surface area contributed by atoms with E-state index < -0.39 is 11.8 Å². The Morgan fingerprint density at radius 3 is 1.94 bits per heavy atom. The monoisotopic (exact) mass is 418 g/mol. The summed E-state index contributed by atoms with van der Waals surface area (Å²) in [5.74, 6) is -0.816. The van der Waals surface area contributed by atoms with E-state index in [4.69, 9.17) is 4.74 Å². The predicted molar refractivity (Wildman–Crippen MR) is 113 cm³/mol. The van der Waals surface area contributed by atoms with Crippen molar-refractivity contribution in [1.82, 2.24) is 20.8 Å². The van der Waals surface area contributed by atoms with Gasteiger partial charge in [-0.2, -0.15) is 10.2 Å². The van der Waals surface area contributed by atoms with Crippen LogP contribution in [0.5, 0.6) is 11.5 Å². The number of ether oxygens (including phenoxy) is 1. The Kier molecular flexibility index (Phi) is 6.99. The van der Waals surface area contributed by atoms with Gasteiger partial charge in [-0.25, -0.2) is 10.9 Å². The minimum Gasteiger partial charge on any atom is -0.504 e. The largest absolute Gasteiger partial charge is 0.504 e. The molecule has 10 heteroatoms. The van der Waals surface area contributed by atoms with Crippen LogP contribution in [-0.2, 0) is 0 Å². The van der Waals surface area contributed by atoms with Crippen molar-refractivity contribution in [3.05, 3.63) is 83.4 Å². The fourth-order valence-electron chi connectivity index (χ4n) is 2.51. The van der Waals surface area contributed by atoms with E-state index in [1.807, 2.05) is 0 Å². The summed E-state index contributed by atoms with van der Waals surface area (Å²) >= 11 is 0. The first-order chi connectivity index (χ1) is 15.1. The molecule has 0 atom stereocenters. The summed E-state index contributed by atoms with van der Waals surface area (Å²) in [7, 11) is 1.39. The number of aromatic nitrogens is 2. The van der Waals surface area contributed by atoms with Crippen molar-refractivity contribution in [2.24, 2.45) is 10.2 Å². The van der Waals surface area contributed by atoms with Crippen LogP contribution in [0.4, 0.5) is 0 Å². The molecule has 2 heterocycles. The van der Waals surface area contributed by atoms with Crippen molar-refractivity contribution < 1.29 is 19.4 Å². The lowest BCUT2D eigenvalue weighted by atomic mass is 10.1. The lowest BCUT2D eigenvalue weighted by Gasteiger charge is -2.08. The van der Waals surface area contributed by atoms with Crippen LogP contribution in [0.25, 0.3) is 0 Å². The van der Waals surface area contributed by atoms with Crippen LogP contribution in [-0.4, -0.2) is 46.4 Å². The van der Waals surface area contributed by atoms with Gasteiger partial charge in [0.1, 0.15) is 0 Å². The summed E-state index contributed by atoms with van der Waals surface area (Å²) in [4.78, 5) is 31.7. The number of pyridine rings is 2. The number of hydrogen-bond acceptors (Lipinski definition) is 8. The van der Waals surface area contributed by atoms with E-state index in [0.29, 0.717) is 22.3 Å². The lowest BCUT2D eigenvalue weighted by molar-refractivity contribution is 0.0947. The highest BCUT2D eigenvalue weighted by Gasteiger charge is 2.10. The molecule has 0 bridgehead atoms. The summed E-state index contributed by atoms with van der Waals surface area (Å²) in [6.45, 7) is 0. The number of methoxy groups -OCH3 is 1.